The zero-order valence-electron chi connectivity index (χ0n) is 13.9. The van der Waals surface area contributed by atoms with Gasteiger partial charge in [-0.25, -0.2) is 0 Å². The molecule has 0 heterocycles. The van der Waals surface area contributed by atoms with E-state index in [1.807, 2.05) is 6.07 Å². The maximum absolute atomic E-state index is 11.4. The van der Waals surface area contributed by atoms with Gasteiger partial charge in [-0.3, -0.25) is 4.79 Å². The van der Waals surface area contributed by atoms with Crippen LogP contribution >= 0.6 is 0 Å². The van der Waals surface area contributed by atoms with E-state index in [-0.39, 0.29) is 0 Å². The molecule has 1 aromatic carbocycles. The first kappa shape index (κ1) is 18.7. The Morgan fingerprint density at radius 3 is 2.14 bits per heavy atom. The number of aliphatic hydroxyl groups excluding tert-OH is 1. The summed E-state index contributed by atoms with van der Waals surface area (Å²) in [5.74, 6) is -0.471. The van der Waals surface area contributed by atoms with Crippen molar-refractivity contribution in [2.45, 2.75) is 77.2 Å². The molecule has 1 rings (SSSR count). The summed E-state index contributed by atoms with van der Waals surface area (Å²) in [7, 11) is 0. The molecule has 3 heteroatoms. The van der Waals surface area contributed by atoms with Crippen LogP contribution in [-0.4, -0.2) is 11.0 Å². The number of rotatable bonds is 12. The number of hydrogen-bond acceptors (Lipinski definition) is 2. The van der Waals surface area contributed by atoms with Gasteiger partial charge in [0, 0.05) is 5.56 Å². The SMILES string of the molecule is CCCCCCCCCCCC(O)c1ccccc1C(N)=O. The Morgan fingerprint density at radius 2 is 1.55 bits per heavy atom. The lowest BCUT2D eigenvalue weighted by Gasteiger charge is -2.13. The molecule has 1 unspecified atom stereocenters. The highest BCUT2D eigenvalue weighted by molar-refractivity contribution is 5.94. The fourth-order valence-corrected chi connectivity index (χ4v) is 2.82. The number of carbonyl (C=O) groups excluding carboxylic acids is 1. The van der Waals surface area contributed by atoms with E-state index in [4.69, 9.17) is 5.73 Å². The second-order valence-corrected chi connectivity index (χ2v) is 6.08. The van der Waals surface area contributed by atoms with Crippen LogP contribution in [0.2, 0.25) is 0 Å². The molecule has 3 N–H and O–H groups in total. The van der Waals surface area contributed by atoms with Crippen molar-refractivity contribution in [3.63, 3.8) is 0 Å². The molecule has 0 aliphatic heterocycles. The molecule has 124 valence electrons. The van der Waals surface area contributed by atoms with E-state index < -0.39 is 12.0 Å². The van der Waals surface area contributed by atoms with Crippen molar-refractivity contribution in [1.29, 1.82) is 0 Å². The third-order valence-electron chi connectivity index (χ3n) is 4.17. The second kappa shape index (κ2) is 11.2. The zero-order valence-corrected chi connectivity index (χ0v) is 13.9. The Hall–Kier alpha value is -1.35. The van der Waals surface area contributed by atoms with E-state index in [1.54, 1.807) is 18.2 Å². The largest absolute Gasteiger partial charge is 0.388 e. The molecule has 22 heavy (non-hydrogen) atoms. The minimum atomic E-state index is -0.590. The maximum Gasteiger partial charge on any atom is 0.249 e. The van der Waals surface area contributed by atoms with Gasteiger partial charge in [-0.1, -0.05) is 82.9 Å². The molecule has 3 nitrogen and oxygen atoms in total. The van der Waals surface area contributed by atoms with Crippen molar-refractivity contribution in [2.24, 2.45) is 5.73 Å². The smallest absolute Gasteiger partial charge is 0.249 e. The summed E-state index contributed by atoms with van der Waals surface area (Å²) in [5.41, 5.74) is 6.44. The molecule has 0 fully saturated rings. The predicted molar refractivity (Wildman–Crippen MR) is 91.8 cm³/mol. The van der Waals surface area contributed by atoms with Gasteiger partial charge in [-0.05, 0) is 18.1 Å². The minimum Gasteiger partial charge on any atom is -0.388 e. The van der Waals surface area contributed by atoms with Crippen LogP contribution in [0.1, 0.15) is 93.2 Å². The third-order valence-corrected chi connectivity index (χ3v) is 4.17. The molecule has 0 saturated carbocycles. The number of benzene rings is 1. The van der Waals surface area contributed by atoms with Gasteiger partial charge >= 0.3 is 0 Å². The number of unbranched alkanes of at least 4 members (excludes halogenated alkanes) is 8. The van der Waals surface area contributed by atoms with Crippen molar-refractivity contribution in [1.82, 2.24) is 0 Å². The van der Waals surface area contributed by atoms with Crippen molar-refractivity contribution in [3.8, 4) is 0 Å². The molecule has 0 spiro atoms. The lowest BCUT2D eigenvalue weighted by molar-refractivity contribution is 0.0990. The van der Waals surface area contributed by atoms with E-state index in [0.29, 0.717) is 17.5 Å². The topological polar surface area (TPSA) is 63.3 Å². The van der Waals surface area contributed by atoms with Crippen LogP contribution in [0.25, 0.3) is 0 Å². The van der Waals surface area contributed by atoms with Gasteiger partial charge in [0.15, 0.2) is 0 Å². The van der Waals surface area contributed by atoms with Crippen LogP contribution < -0.4 is 5.73 Å². The van der Waals surface area contributed by atoms with Crippen LogP contribution in [0.3, 0.4) is 0 Å². The highest BCUT2D eigenvalue weighted by Gasteiger charge is 2.14. The van der Waals surface area contributed by atoms with Gasteiger partial charge in [0.25, 0.3) is 0 Å². The van der Waals surface area contributed by atoms with Crippen LogP contribution in [0.5, 0.6) is 0 Å². The summed E-state index contributed by atoms with van der Waals surface area (Å²) in [5, 5.41) is 10.2. The highest BCUT2D eigenvalue weighted by Crippen LogP contribution is 2.23. The van der Waals surface area contributed by atoms with E-state index in [2.05, 4.69) is 6.92 Å². The highest BCUT2D eigenvalue weighted by atomic mass is 16.3. The van der Waals surface area contributed by atoms with E-state index in [0.717, 1.165) is 12.8 Å². The van der Waals surface area contributed by atoms with Crippen molar-refractivity contribution in [3.05, 3.63) is 35.4 Å². The van der Waals surface area contributed by atoms with Gasteiger partial charge in [0.2, 0.25) is 5.91 Å². The monoisotopic (exact) mass is 305 g/mol. The van der Waals surface area contributed by atoms with Gasteiger partial charge in [0.1, 0.15) is 0 Å². The summed E-state index contributed by atoms with van der Waals surface area (Å²) in [6.07, 6.45) is 11.4. The molecule has 0 aliphatic rings. The molecular formula is C19H31NO2. The Bertz CT molecular complexity index is 431. The van der Waals surface area contributed by atoms with Crippen molar-refractivity contribution >= 4 is 5.91 Å². The van der Waals surface area contributed by atoms with Crippen LogP contribution in [0.15, 0.2) is 24.3 Å². The van der Waals surface area contributed by atoms with Gasteiger partial charge in [0.05, 0.1) is 6.10 Å². The summed E-state index contributed by atoms with van der Waals surface area (Å²) in [4.78, 5) is 11.4. The first-order valence-electron chi connectivity index (χ1n) is 8.73. The summed E-state index contributed by atoms with van der Waals surface area (Å²) >= 11 is 0. The Kier molecular flexibility index (Phi) is 9.56. The molecule has 0 saturated heterocycles. The average Bonchev–Trinajstić information content (AvgIpc) is 2.53. The van der Waals surface area contributed by atoms with E-state index >= 15 is 0 Å². The molecular weight excluding hydrogens is 274 g/mol. The number of amides is 1. The number of nitrogens with two attached hydrogens (primary N) is 1. The first-order chi connectivity index (χ1) is 10.7. The molecule has 1 amide bonds. The van der Waals surface area contributed by atoms with E-state index in [1.165, 1.54) is 44.9 Å². The lowest BCUT2D eigenvalue weighted by Crippen LogP contribution is -2.15. The first-order valence-corrected chi connectivity index (χ1v) is 8.73. The molecule has 0 aliphatic carbocycles. The van der Waals surface area contributed by atoms with Gasteiger partial charge in [-0.2, -0.15) is 0 Å². The fraction of sp³-hybridized carbons (Fsp3) is 0.632. The molecule has 1 aromatic rings. The molecule has 1 atom stereocenters. The Balaban J connectivity index is 2.19. The minimum absolute atomic E-state index is 0.436. The Morgan fingerprint density at radius 1 is 1.00 bits per heavy atom. The average molecular weight is 305 g/mol. The summed E-state index contributed by atoms with van der Waals surface area (Å²) in [6, 6.07) is 7.08. The number of aliphatic hydroxyl groups is 1. The Labute approximate surface area is 134 Å². The van der Waals surface area contributed by atoms with Crippen LogP contribution in [-0.2, 0) is 0 Å². The summed E-state index contributed by atoms with van der Waals surface area (Å²) < 4.78 is 0. The molecule has 0 aromatic heterocycles. The zero-order chi connectivity index (χ0) is 16.2. The van der Waals surface area contributed by atoms with E-state index in [9.17, 15) is 9.90 Å². The maximum atomic E-state index is 11.4. The van der Waals surface area contributed by atoms with Gasteiger partial charge in [-0.15, -0.1) is 0 Å². The van der Waals surface area contributed by atoms with Crippen LogP contribution in [0.4, 0.5) is 0 Å². The van der Waals surface area contributed by atoms with Crippen LogP contribution in [0, 0.1) is 0 Å². The fourth-order valence-electron chi connectivity index (χ4n) is 2.82. The molecule has 0 bridgehead atoms. The number of primary amides is 1. The van der Waals surface area contributed by atoms with Crippen molar-refractivity contribution in [2.75, 3.05) is 0 Å². The second-order valence-electron chi connectivity index (χ2n) is 6.08. The number of hydrogen-bond donors (Lipinski definition) is 2. The lowest BCUT2D eigenvalue weighted by atomic mass is 9.97. The summed E-state index contributed by atoms with van der Waals surface area (Å²) in [6.45, 7) is 2.24. The van der Waals surface area contributed by atoms with Crippen molar-refractivity contribution < 1.29 is 9.90 Å². The quantitative estimate of drug-likeness (QED) is 0.548. The molecule has 0 radical (unpaired) electrons. The predicted octanol–water partition coefficient (Wildman–Crippen LogP) is 4.74. The van der Waals surface area contributed by atoms with Gasteiger partial charge < -0.3 is 10.8 Å². The normalized spacial score (nSPS) is 12.3. The number of carbonyl (C=O) groups is 1. The standard InChI is InChI=1S/C19H31NO2/c1-2-3-4-5-6-7-8-9-10-15-18(21)16-13-11-12-14-17(16)19(20)22/h11-14,18,21H,2-10,15H2,1H3,(H2,20,22). The third kappa shape index (κ3) is 7.08.